The monoisotopic (exact) mass is 490 g/mol. The lowest BCUT2D eigenvalue weighted by Crippen LogP contribution is -2.44. The molecular weight excluding hydrogens is 468 g/mol. The predicted octanol–water partition coefficient (Wildman–Crippen LogP) is 4.04. The van der Waals surface area contributed by atoms with Crippen LogP contribution >= 0.6 is 23.4 Å². The first kappa shape index (κ1) is 21.5. The van der Waals surface area contributed by atoms with Crippen molar-refractivity contribution in [3.05, 3.63) is 65.2 Å². The van der Waals surface area contributed by atoms with Gasteiger partial charge in [0.15, 0.2) is 5.65 Å². The van der Waals surface area contributed by atoms with Crippen LogP contribution in [0.1, 0.15) is 30.1 Å². The third kappa shape index (κ3) is 3.73. The fraction of sp³-hybridized carbons (Fsp3) is 0.292. The van der Waals surface area contributed by atoms with E-state index in [1.165, 1.54) is 17.3 Å². The molecule has 4 aromatic heterocycles. The van der Waals surface area contributed by atoms with E-state index in [4.69, 9.17) is 28.1 Å². The van der Waals surface area contributed by atoms with Gasteiger partial charge in [-0.25, -0.2) is 19.9 Å². The number of nitrogens with two attached hydrogens (primary N) is 2. The zero-order valence-electron chi connectivity index (χ0n) is 18.4. The van der Waals surface area contributed by atoms with Crippen molar-refractivity contribution in [3.8, 4) is 0 Å². The second-order valence-electron chi connectivity index (χ2n) is 8.91. The standard InChI is InChI=1S/C24H23ClN8S/c25-15-12-29-19(26)10-18(15)34-21-4-3-16-23(32-21)30-13-20(31-16)33-8-5-24(6-9-33)11-17-14(22(24)27)2-1-7-28-17/h1-4,7,10,12-13,22H,5-6,8-9,11,27H2,(H2,26,29)/t22-/m1/s1. The second kappa shape index (κ2) is 8.33. The zero-order valence-corrected chi connectivity index (χ0v) is 19.9. The van der Waals surface area contributed by atoms with E-state index >= 15 is 0 Å². The molecule has 4 N–H and O–H groups in total. The van der Waals surface area contributed by atoms with Crippen molar-refractivity contribution in [1.82, 2.24) is 24.9 Å². The second-order valence-corrected chi connectivity index (χ2v) is 10.4. The lowest BCUT2D eigenvalue weighted by atomic mass is 9.73. The van der Waals surface area contributed by atoms with Gasteiger partial charge < -0.3 is 16.4 Å². The van der Waals surface area contributed by atoms with E-state index in [9.17, 15) is 0 Å². The molecule has 10 heteroatoms. The van der Waals surface area contributed by atoms with Crippen LogP contribution in [0.5, 0.6) is 0 Å². The van der Waals surface area contributed by atoms with Crippen molar-refractivity contribution < 1.29 is 0 Å². The Morgan fingerprint density at radius 3 is 2.74 bits per heavy atom. The Balaban J connectivity index is 1.18. The normalized spacial score (nSPS) is 19.0. The van der Waals surface area contributed by atoms with Gasteiger partial charge in [0.25, 0.3) is 0 Å². The van der Waals surface area contributed by atoms with Crippen molar-refractivity contribution >= 4 is 46.2 Å². The molecule has 1 atom stereocenters. The number of hydrogen-bond donors (Lipinski definition) is 2. The van der Waals surface area contributed by atoms with Gasteiger partial charge in [-0.1, -0.05) is 29.4 Å². The molecule has 4 aromatic rings. The summed E-state index contributed by atoms with van der Waals surface area (Å²) in [6.45, 7) is 1.79. The van der Waals surface area contributed by atoms with Gasteiger partial charge in [-0.05, 0) is 54.5 Å². The summed E-state index contributed by atoms with van der Waals surface area (Å²) in [6, 6.07) is 9.76. The number of hydrogen-bond acceptors (Lipinski definition) is 9. The first-order chi connectivity index (χ1) is 16.5. The molecule has 1 aliphatic carbocycles. The van der Waals surface area contributed by atoms with Crippen LogP contribution < -0.4 is 16.4 Å². The fourth-order valence-electron chi connectivity index (χ4n) is 5.04. The molecule has 2 aliphatic rings. The van der Waals surface area contributed by atoms with Gasteiger partial charge in [0, 0.05) is 42.1 Å². The maximum absolute atomic E-state index is 6.69. The lowest BCUT2D eigenvalue weighted by Gasteiger charge is -2.42. The van der Waals surface area contributed by atoms with Crippen LogP contribution in [0.3, 0.4) is 0 Å². The summed E-state index contributed by atoms with van der Waals surface area (Å²) in [5.41, 5.74) is 16.3. The minimum absolute atomic E-state index is 0.0467. The van der Waals surface area contributed by atoms with Gasteiger partial charge in [-0.2, -0.15) is 0 Å². The number of piperidine rings is 1. The Morgan fingerprint density at radius 2 is 1.91 bits per heavy atom. The highest BCUT2D eigenvalue weighted by Crippen LogP contribution is 2.50. The Bertz CT molecular complexity index is 1390. The summed E-state index contributed by atoms with van der Waals surface area (Å²) in [6.07, 6.45) is 8.19. The number of pyridine rings is 3. The number of fused-ring (bicyclic) bond motifs is 2. The maximum Gasteiger partial charge on any atom is 0.179 e. The quantitative estimate of drug-likeness (QED) is 0.438. The van der Waals surface area contributed by atoms with Crippen molar-refractivity contribution in [2.75, 3.05) is 23.7 Å². The predicted molar refractivity (Wildman–Crippen MR) is 134 cm³/mol. The van der Waals surface area contributed by atoms with E-state index in [0.717, 1.165) is 59.3 Å². The summed E-state index contributed by atoms with van der Waals surface area (Å²) < 4.78 is 0. The summed E-state index contributed by atoms with van der Waals surface area (Å²) >= 11 is 7.66. The molecule has 0 radical (unpaired) electrons. The highest BCUT2D eigenvalue weighted by molar-refractivity contribution is 7.99. The van der Waals surface area contributed by atoms with Crippen LogP contribution in [0.15, 0.2) is 58.8 Å². The van der Waals surface area contributed by atoms with E-state index in [-0.39, 0.29) is 11.5 Å². The number of anilines is 2. The molecule has 1 spiro atoms. The lowest BCUT2D eigenvalue weighted by molar-refractivity contribution is 0.186. The number of nitrogens with zero attached hydrogens (tertiary/aromatic N) is 6. The van der Waals surface area contributed by atoms with E-state index in [1.807, 2.05) is 30.6 Å². The van der Waals surface area contributed by atoms with Crippen molar-refractivity contribution in [3.63, 3.8) is 0 Å². The van der Waals surface area contributed by atoms with E-state index in [2.05, 4.69) is 30.9 Å². The molecule has 5 heterocycles. The number of halogens is 1. The summed E-state index contributed by atoms with van der Waals surface area (Å²) in [7, 11) is 0. The largest absolute Gasteiger partial charge is 0.384 e. The highest BCUT2D eigenvalue weighted by Gasteiger charge is 2.46. The highest BCUT2D eigenvalue weighted by atomic mass is 35.5. The van der Waals surface area contributed by atoms with Crippen LogP contribution in [-0.4, -0.2) is 38.0 Å². The minimum atomic E-state index is 0.0467. The van der Waals surface area contributed by atoms with Gasteiger partial charge in [-0.15, -0.1) is 0 Å². The molecule has 1 aliphatic heterocycles. The first-order valence-corrected chi connectivity index (χ1v) is 12.4. The van der Waals surface area contributed by atoms with E-state index in [1.54, 1.807) is 12.3 Å². The Labute approximate surface area is 206 Å². The third-order valence-electron chi connectivity index (χ3n) is 6.95. The number of rotatable bonds is 3. The molecule has 0 amide bonds. The molecule has 1 saturated heterocycles. The van der Waals surface area contributed by atoms with Crippen LogP contribution in [0.2, 0.25) is 5.02 Å². The molecule has 0 unspecified atom stereocenters. The molecule has 8 nitrogen and oxygen atoms in total. The van der Waals surface area contributed by atoms with Gasteiger partial charge in [0.1, 0.15) is 22.2 Å². The van der Waals surface area contributed by atoms with Gasteiger partial charge >= 0.3 is 0 Å². The fourth-order valence-corrected chi connectivity index (χ4v) is 6.08. The Hall–Kier alpha value is -3.01. The van der Waals surface area contributed by atoms with E-state index < -0.39 is 0 Å². The molecule has 34 heavy (non-hydrogen) atoms. The molecule has 172 valence electrons. The van der Waals surface area contributed by atoms with Crippen molar-refractivity contribution in [2.45, 2.75) is 35.2 Å². The molecule has 0 bridgehead atoms. The average molecular weight is 491 g/mol. The summed E-state index contributed by atoms with van der Waals surface area (Å²) in [5, 5.41) is 1.30. The van der Waals surface area contributed by atoms with E-state index in [0.29, 0.717) is 16.5 Å². The van der Waals surface area contributed by atoms with Crippen LogP contribution in [0, 0.1) is 5.41 Å². The van der Waals surface area contributed by atoms with Crippen molar-refractivity contribution in [2.24, 2.45) is 11.1 Å². The topological polar surface area (TPSA) is 120 Å². The molecule has 1 fully saturated rings. The number of nitrogen functional groups attached to an aromatic ring is 1. The third-order valence-corrected chi connectivity index (χ3v) is 8.35. The van der Waals surface area contributed by atoms with Crippen LogP contribution in [-0.2, 0) is 6.42 Å². The summed E-state index contributed by atoms with van der Waals surface area (Å²) in [5.74, 6) is 1.29. The Kier molecular flexibility index (Phi) is 5.28. The van der Waals surface area contributed by atoms with Crippen LogP contribution in [0.4, 0.5) is 11.6 Å². The first-order valence-electron chi connectivity index (χ1n) is 11.2. The molecular formula is C24H23ClN8S. The smallest absolute Gasteiger partial charge is 0.179 e. The van der Waals surface area contributed by atoms with Gasteiger partial charge in [0.2, 0.25) is 0 Å². The zero-order chi connectivity index (χ0) is 23.3. The Morgan fingerprint density at radius 1 is 1.06 bits per heavy atom. The maximum atomic E-state index is 6.69. The van der Waals surface area contributed by atoms with Gasteiger partial charge in [-0.3, -0.25) is 4.98 Å². The van der Waals surface area contributed by atoms with Crippen LogP contribution in [0.25, 0.3) is 11.2 Å². The minimum Gasteiger partial charge on any atom is -0.384 e. The SMILES string of the molecule is Nc1cc(Sc2ccc3nc(N4CCC5(CC4)Cc4ncccc4[C@H]5N)cnc3n2)c(Cl)cn1. The molecule has 0 aromatic carbocycles. The summed E-state index contributed by atoms with van der Waals surface area (Å²) in [4.78, 5) is 25.8. The molecule has 0 saturated carbocycles. The molecule has 6 rings (SSSR count). The van der Waals surface area contributed by atoms with Crippen molar-refractivity contribution in [1.29, 1.82) is 0 Å². The number of aromatic nitrogens is 5. The average Bonchev–Trinajstić information content (AvgIpc) is 3.13. The van der Waals surface area contributed by atoms with Gasteiger partial charge in [0.05, 0.1) is 11.2 Å².